The zero-order chi connectivity index (χ0) is 13.9. The first-order chi connectivity index (χ1) is 9.06. The highest BCUT2D eigenvalue weighted by molar-refractivity contribution is 5.41. The smallest absolute Gasteiger partial charge is 0.160 e. The van der Waals surface area contributed by atoms with Crippen molar-refractivity contribution < 1.29 is 14.6 Å². The van der Waals surface area contributed by atoms with Gasteiger partial charge in [-0.05, 0) is 44.0 Å². The van der Waals surface area contributed by atoms with Gasteiger partial charge < -0.3 is 14.6 Å². The second kappa shape index (κ2) is 5.80. The average Bonchev–Trinajstić information content (AvgIpc) is 2.39. The second-order valence-corrected chi connectivity index (χ2v) is 5.47. The highest BCUT2D eigenvalue weighted by Gasteiger charge is 2.30. The number of benzene rings is 1. The molecule has 0 amide bonds. The third kappa shape index (κ3) is 3.39. The Bertz CT molecular complexity index is 435. The molecule has 1 aromatic rings. The molecular weight excluding hydrogens is 242 g/mol. The summed E-state index contributed by atoms with van der Waals surface area (Å²) in [6, 6.07) is 5.58. The Labute approximate surface area is 114 Å². The predicted molar refractivity (Wildman–Crippen MR) is 74.6 cm³/mol. The molecule has 1 aliphatic rings. The number of phenols is 1. The molecule has 1 aromatic carbocycles. The van der Waals surface area contributed by atoms with Crippen molar-refractivity contribution in [1.82, 2.24) is 4.90 Å². The number of hydrogen-bond donors (Lipinski definition) is 1. The monoisotopic (exact) mass is 265 g/mol. The summed E-state index contributed by atoms with van der Waals surface area (Å²) in [7, 11) is 3.34. The number of phenolic OH excluding ortho intramolecular Hbond substituents is 1. The molecule has 1 heterocycles. The van der Waals surface area contributed by atoms with Gasteiger partial charge in [-0.2, -0.15) is 0 Å². The summed E-state index contributed by atoms with van der Waals surface area (Å²) in [6.07, 6.45) is 2.25. The van der Waals surface area contributed by atoms with E-state index in [2.05, 4.69) is 11.8 Å². The van der Waals surface area contributed by atoms with Gasteiger partial charge in [0.1, 0.15) is 0 Å². The topological polar surface area (TPSA) is 41.9 Å². The van der Waals surface area contributed by atoms with E-state index in [-0.39, 0.29) is 11.4 Å². The van der Waals surface area contributed by atoms with Crippen molar-refractivity contribution in [2.45, 2.75) is 31.9 Å². The molecular formula is C15H23NO3. The van der Waals surface area contributed by atoms with Gasteiger partial charge in [0.2, 0.25) is 0 Å². The fourth-order valence-electron chi connectivity index (χ4n) is 2.70. The number of methoxy groups -OCH3 is 2. The molecule has 0 saturated carbocycles. The third-order valence-electron chi connectivity index (χ3n) is 3.88. The summed E-state index contributed by atoms with van der Waals surface area (Å²) in [5.41, 5.74) is 1.05. The van der Waals surface area contributed by atoms with Gasteiger partial charge in [-0.15, -0.1) is 0 Å². The van der Waals surface area contributed by atoms with E-state index in [1.54, 1.807) is 20.3 Å². The van der Waals surface area contributed by atoms with Crippen molar-refractivity contribution in [3.8, 4) is 11.5 Å². The van der Waals surface area contributed by atoms with Crippen LogP contribution in [0.2, 0.25) is 0 Å². The van der Waals surface area contributed by atoms with Crippen LogP contribution in [-0.2, 0) is 11.3 Å². The molecule has 4 heteroatoms. The number of piperidine rings is 1. The quantitative estimate of drug-likeness (QED) is 0.907. The Morgan fingerprint density at radius 3 is 2.79 bits per heavy atom. The standard InChI is InChI=1S/C15H23NO3/c1-15(19-3)7-4-8-16(11-15)10-12-5-6-14(18-2)13(17)9-12/h5-6,9,17H,4,7-8,10-11H2,1-3H3. The Kier molecular flexibility index (Phi) is 4.32. The van der Waals surface area contributed by atoms with Gasteiger partial charge in [0.15, 0.2) is 11.5 Å². The normalized spacial score (nSPS) is 24.4. The van der Waals surface area contributed by atoms with Gasteiger partial charge in [0.05, 0.1) is 12.7 Å². The molecule has 19 heavy (non-hydrogen) atoms. The van der Waals surface area contributed by atoms with Crippen molar-refractivity contribution >= 4 is 0 Å². The van der Waals surface area contributed by atoms with Crippen molar-refractivity contribution in [3.63, 3.8) is 0 Å². The van der Waals surface area contributed by atoms with E-state index in [9.17, 15) is 5.11 Å². The van der Waals surface area contributed by atoms with Crippen LogP contribution in [0.5, 0.6) is 11.5 Å². The van der Waals surface area contributed by atoms with Crippen LogP contribution in [-0.4, -0.2) is 42.9 Å². The number of ether oxygens (including phenoxy) is 2. The minimum Gasteiger partial charge on any atom is -0.504 e. The number of nitrogens with zero attached hydrogens (tertiary/aromatic N) is 1. The summed E-state index contributed by atoms with van der Waals surface area (Å²) in [5, 5.41) is 9.80. The van der Waals surface area contributed by atoms with Crippen LogP contribution in [0, 0.1) is 0 Å². The van der Waals surface area contributed by atoms with E-state index >= 15 is 0 Å². The van der Waals surface area contributed by atoms with Gasteiger partial charge in [0, 0.05) is 20.2 Å². The molecule has 0 spiro atoms. The van der Waals surface area contributed by atoms with Crippen LogP contribution in [0.15, 0.2) is 18.2 Å². The molecule has 1 unspecified atom stereocenters. The molecule has 106 valence electrons. The fourth-order valence-corrected chi connectivity index (χ4v) is 2.70. The summed E-state index contributed by atoms with van der Waals surface area (Å²) >= 11 is 0. The number of hydrogen-bond acceptors (Lipinski definition) is 4. The van der Waals surface area contributed by atoms with Crippen molar-refractivity contribution in [2.75, 3.05) is 27.3 Å². The van der Waals surface area contributed by atoms with E-state index in [0.29, 0.717) is 5.75 Å². The zero-order valence-corrected chi connectivity index (χ0v) is 12.0. The number of likely N-dealkylation sites (tertiary alicyclic amines) is 1. The molecule has 1 N–H and O–H groups in total. The van der Waals surface area contributed by atoms with Crippen LogP contribution >= 0.6 is 0 Å². The third-order valence-corrected chi connectivity index (χ3v) is 3.88. The van der Waals surface area contributed by atoms with Gasteiger partial charge in [-0.1, -0.05) is 6.07 Å². The molecule has 0 aromatic heterocycles. The van der Waals surface area contributed by atoms with Crippen LogP contribution in [0.3, 0.4) is 0 Å². The fraction of sp³-hybridized carbons (Fsp3) is 0.600. The van der Waals surface area contributed by atoms with E-state index in [1.807, 2.05) is 12.1 Å². The van der Waals surface area contributed by atoms with Gasteiger partial charge in [-0.25, -0.2) is 0 Å². The lowest BCUT2D eigenvalue weighted by Crippen LogP contribution is -2.46. The maximum atomic E-state index is 9.80. The molecule has 4 nitrogen and oxygen atoms in total. The first kappa shape index (κ1) is 14.2. The minimum absolute atomic E-state index is 0.0488. The highest BCUT2D eigenvalue weighted by Crippen LogP contribution is 2.29. The largest absolute Gasteiger partial charge is 0.504 e. The Balaban J connectivity index is 2.03. The van der Waals surface area contributed by atoms with Crippen LogP contribution in [0.25, 0.3) is 0 Å². The minimum atomic E-state index is -0.0488. The maximum absolute atomic E-state index is 9.80. The number of aromatic hydroxyl groups is 1. The Hall–Kier alpha value is -1.26. The average molecular weight is 265 g/mol. The molecule has 1 fully saturated rings. The number of rotatable bonds is 4. The second-order valence-electron chi connectivity index (χ2n) is 5.47. The van der Waals surface area contributed by atoms with Crippen molar-refractivity contribution in [1.29, 1.82) is 0 Å². The molecule has 0 bridgehead atoms. The van der Waals surface area contributed by atoms with Crippen molar-refractivity contribution in [3.05, 3.63) is 23.8 Å². The van der Waals surface area contributed by atoms with E-state index in [4.69, 9.17) is 9.47 Å². The van der Waals surface area contributed by atoms with E-state index in [1.165, 1.54) is 0 Å². The maximum Gasteiger partial charge on any atom is 0.160 e. The molecule has 2 rings (SSSR count). The molecule has 1 saturated heterocycles. The van der Waals surface area contributed by atoms with Crippen LogP contribution < -0.4 is 4.74 Å². The molecule has 0 radical (unpaired) electrons. The summed E-state index contributed by atoms with van der Waals surface area (Å²) in [5.74, 6) is 0.718. The van der Waals surface area contributed by atoms with Crippen LogP contribution in [0.1, 0.15) is 25.3 Å². The lowest BCUT2D eigenvalue weighted by molar-refractivity contribution is -0.0527. The first-order valence-corrected chi connectivity index (χ1v) is 6.70. The van der Waals surface area contributed by atoms with E-state index in [0.717, 1.165) is 38.0 Å². The summed E-state index contributed by atoms with van der Waals surface area (Å²) in [6.45, 7) is 4.99. The summed E-state index contributed by atoms with van der Waals surface area (Å²) in [4.78, 5) is 2.37. The molecule has 1 aliphatic heterocycles. The van der Waals surface area contributed by atoms with Gasteiger partial charge in [-0.3, -0.25) is 4.90 Å². The molecule has 1 atom stereocenters. The predicted octanol–water partition coefficient (Wildman–Crippen LogP) is 2.40. The van der Waals surface area contributed by atoms with E-state index < -0.39 is 0 Å². The first-order valence-electron chi connectivity index (χ1n) is 6.70. The molecule has 0 aliphatic carbocycles. The zero-order valence-electron chi connectivity index (χ0n) is 12.0. The highest BCUT2D eigenvalue weighted by atomic mass is 16.5. The van der Waals surface area contributed by atoms with Crippen molar-refractivity contribution in [2.24, 2.45) is 0 Å². The lowest BCUT2D eigenvalue weighted by Gasteiger charge is -2.39. The summed E-state index contributed by atoms with van der Waals surface area (Å²) < 4.78 is 10.7. The SMILES string of the molecule is COc1ccc(CN2CCCC(C)(OC)C2)cc1O. The van der Waals surface area contributed by atoms with Crippen LogP contribution in [0.4, 0.5) is 0 Å². The van der Waals surface area contributed by atoms with Gasteiger partial charge >= 0.3 is 0 Å². The van der Waals surface area contributed by atoms with Gasteiger partial charge in [0.25, 0.3) is 0 Å². The Morgan fingerprint density at radius 1 is 1.37 bits per heavy atom. The lowest BCUT2D eigenvalue weighted by atomic mass is 9.94. The Morgan fingerprint density at radius 2 is 2.16 bits per heavy atom.